The number of carbonyl (C=O) groups is 1. The third kappa shape index (κ3) is 3.27. The van der Waals surface area contributed by atoms with E-state index in [9.17, 15) is 9.18 Å². The average Bonchev–Trinajstić information content (AvgIpc) is 2.99. The van der Waals surface area contributed by atoms with Crippen molar-refractivity contribution >= 4 is 5.91 Å². The summed E-state index contributed by atoms with van der Waals surface area (Å²) < 4.78 is 20.3. The number of ether oxygens (including phenoxy) is 1. The molecule has 23 heavy (non-hydrogen) atoms. The van der Waals surface area contributed by atoms with Crippen LogP contribution in [0.2, 0.25) is 0 Å². The van der Waals surface area contributed by atoms with Gasteiger partial charge in [0.25, 0.3) is 0 Å². The summed E-state index contributed by atoms with van der Waals surface area (Å²) in [5, 5.41) is 7.09. The molecule has 2 aromatic rings. The summed E-state index contributed by atoms with van der Waals surface area (Å²) in [7, 11) is 1.84. The third-order valence-electron chi connectivity index (χ3n) is 4.39. The highest BCUT2D eigenvalue weighted by atomic mass is 19.1. The van der Waals surface area contributed by atoms with E-state index in [4.69, 9.17) is 4.74 Å². The van der Waals surface area contributed by atoms with Crippen LogP contribution in [0.4, 0.5) is 4.39 Å². The Morgan fingerprint density at radius 2 is 2.04 bits per heavy atom. The first-order chi connectivity index (χ1) is 11.1. The lowest BCUT2D eigenvalue weighted by Gasteiger charge is -2.36. The van der Waals surface area contributed by atoms with Crippen molar-refractivity contribution in [3.05, 3.63) is 53.6 Å². The molecule has 1 N–H and O–H groups in total. The first kappa shape index (κ1) is 15.7. The molecule has 1 aliphatic heterocycles. The lowest BCUT2D eigenvalue weighted by atomic mass is 9.73. The van der Waals surface area contributed by atoms with E-state index >= 15 is 0 Å². The van der Waals surface area contributed by atoms with Gasteiger partial charge in [-0.25, -0.2) is 4.39 Å². The van der Waals surface area contributed by atoms with E-state index in [0.29, 0.717) is 32.6 Å². The summed E-state index contributed by atoms with van der Waals surface area (Å²) in [5.41, 5.74) is 1.13. The number of carbonyl (C=O) groups excluding carboxylic acids is 1. The maximum Gasteiger partial charge on any atom is 0.231 e. The standard InChI is InChI=1S/C17H20FN3O2/c1-21-12-13(11-20-21)10-19-16(22)17(6-8-23-9-7-17)14-2-4-15(18)5-3-14/h2-5,11-12H,6-10H2,1H3,(H,19,22). The molecule has 0 radical (unpaired) electrons. The monoisotopic (exact) mass is 317 g/mol. The van der Waals surface area contributed by atoms with Crippen molar-refractivity contribution in [2.75, 3.05) is 13.2 Å². The van der Waals surface area contributed by atoms with Gasteiger partial charge in [-0.2, -0.15) is 5.10 Å². The Kier molecular flexibility index (Phi) is 4.43. The van der Waals surface area contributed by atoms with Gasteiger partial charge in [-0.3, -0.25) is 9.48 Å². The molecule has 0 saturated carbocycles. The number of benzene rings is 1. The second kappa shape index (κ2) is 6.50. The summed E-state index contributed by atoms with van der Waals surface area (Å²) >= 11 is 0. The lowest BCUT2D eigenvalue weighted by Crippen LogP contribution is -2.47. The summed E-state index contributed by atoms with van der Waals surface area (Å²) in [5.74, 6) is -0.344. The van der Waals surface area contributed by atoms with Crippen LogP contribution < -0.4 is 5.32 Å². The molecule has 122 valence electrons. The van der Waals surface area contributed by atoms with Crippen molar-refractivity contribution in [1.82, 2.24) is 15.1 Å². The second-order valence-electron chi connectivity index (χ2n) is 5.91. The number of rotatable bonds is 4. The topological polar surface area (TPSA) is 56.2 Å². The Bertz CT molecular complexity index is 675. The van der Waals surface area contributed by atoms with E-state index in [1.165, 1.54) is 12.1 Å². The van der Waals surface area contributed by atoms with Gasteiger partial charge in [0.15, 0.2) is 0 Å². The maximum absolute atomic E-state index is 13.2. The molecule has 5 nitrogen and oxygen atoms in total. The number of halogens is 1. The molecule has 0 unspecified atom stereocenters. The number of aromatic nitrogens is 2. The molecule has 3 rings (SSSR count). The molecule has 1 aromatic carbocycles. The fourth-order valence-corrected chi connectivity index (χ4v) is 3.05. The normalized spacial score (nSPS) is 17.0. The fourth-order valence-electron chi connectivity index (χ4n) is 3.05. The first-order valence-electron chi connectivity index (χ1n) is 7.70. The van der Waals surface area contributed by atoms with E-state index < -0.39 is 5.41 Å². The summed E-state index contributed by atoms with van der Waals surface area (Å²) in [6.45, 7) is 1.48. The number of amides is 1. The van der Waals surface area contributed by atoms with Crippen molar-refractivity contribution < 1.29 is 13.9 Å². The Morgan fingerprint density at radius 3 is 2.65 bits per heavy atom. The van der Waals surface area contributed by atoms with Crippen LogP contribution in [0.25, 0.3) is 0 Å². The average molecular weight is 317 g/mol. The van der Waals surface area contributed by atoms with Crippen LogP contribution in [0, 0.1) is 5.82 Å². The smallest absolute Gasteiger partial charge is 0.231 e. The minimum Gasteiger partial charge on any atom is -0.381 e. The van der Waals surface area contributed by atoms with E-state index in [0.717, 1.165) is 11.1 Å². The zero-order chi connectivity index (χ0) is 16.3. The molecule has 0 aliphatic carbocycles. The van der Waals surface area contributed by atoms with Gasteiger partial charge >= 0.3 is 0 Å². The molecular formula is C17H20FN3O2. The number of nitrogens with one attached hydrogen (secondary N) is 1. The van der Waals surface area contributed by atoms with Gasteiger partial charge in [0.05, 0.1) is 11.6 Å². The molecule has 1 fully saturated rings. The summed E-state index contributed by atoms with van der Waals surface area (Å²) in [6.07, 6.45) is 4.79. The highest BCUT2D eigenvalue weighted by molar-refractivity contribution is 5.88. The van der Waals surface area contributed by atoms with E-state index in [1.807, 2.05) is 13.2 Å². The highest BCUT2D eigenvalue weighted by Gasteiger charge is 2.41. The predicted molar refractivity (Wildman–Crippen MR) is 83.2 cm³/mol. The molecule has 6 heteroatoms. The van der Waals surface area contributed by atoms with Gasteiger partial charge in [-0.05, 0) is 30.5 Å². The third-order valence-corrected chi connectivity index (χ3v) is 4.39. The second-order valence-corrected chi connectivity index (χ2v) is 5.91. The lowest BCUT2D eigenvalue weighted by molar-refractivity contribution is -0.130. The maximum atomic E-state index is 13.2. The number of nitrogens with zero attached hydrogens (tertiary/aromatic N) is 2. The molecular weight excluding hydrogens is 297 g/mol. The van der Waals surface area contributed by atoms with Crippen LogP contribution >= 0.6 is 0 Å². The van der Waals surface area contributed by atoms with Crippen LogP contribution in [0.15, 0.2) is 36.7 Å². The predicted octanol–water partition coefficient (Wildman–Crippen LogP) is 1.92. The molecule has 1 aromatic heterocycles. The Hall–Kier alpha value is -2.21. The van der Waals surface area contributed by atoms with Crippen molar-refractivity contribution in [3.8, 4) is 0 Å². The summed E-state index contributed by atoms with van der Waals surface area (Å²) in [6, 6.07) is 6.20. The van der Waals surface area contributed by atoms with Crippen molar-refractivity contribution in [2.24, 2.45) is 7.05 Å². The number of hydrogen-bond acceptors (Lipinski definition) is 3. The van der Waals surface area contributed by atoms with E-state index in [1.54, 1.807) is 23.0 Å². The number of aryl methyl sites for hydroxylation is 1. The zero-order valence-electron chi connectivity index (χ0n) is 13.1. The highest BCUT2D eigenvalue weighted by Crippen LogP contribution is 2.35. The number of hydrogen-bond donors (Lipinski definition) is 1. The van der Waals surface area contributed by atoms with Gasteiger partial charge in [-0.1, -0.05) is 12.1 Å². The van der Waals surface area contributed by atoms with Crippen molar-refractivity contribution in [3.63, 3.8) is 0 Å². The van der Waals surface area contributed by atoms with Crippen LogP contribution in [0.5, 0.6) is 0 Å². The molecule has 1 saturated heterocycles. The Labute approximate surface area is 134 Å². The van der Waals surface area contributed by atoms with Gasteiger partial charge in [0, 0.05) is 38.6 Å². The molecule has 2 heterocycles. The summed E-state index contributed by atoms with van der Waals surface area (Å²) in [4.78, 5) is 12.9. The Morgan fingerprint density at radius 1 is 1.35 bits per heavy atom. The molecule has 0 spiro atoms. The van der Waals surface area contributed by atoms with Gasteiger partial charge in [-0.15, -0.1) is 0 Å². The minimum absolute atomic E-state index is 0.0451. The van der Waals surface area contributed by atoms with Crippen LogP contribution in [-0.4, -0.2) is 28.9 Å². The molecule has 1 aliphatic rings. The van der Waals surface area contributed by atoms with Gasteiger partial charge < -0.3 is 10.1 Å². The largest absolute Gasteiger partial charge is 0.381 e. The van der Waals surface area contributed by atoms with E-state index in [2.05, 4.69) is 10.4 Å². The van der Waals surface area contributed by atoms with Crippen LogP contribution in [0.3, 0.4) is 0 Å². The first-order valence-corrected chi connectivity index (χ1v) is 7.70. The quantitative estimate of drug-likeness (QED) is 0.937. The SMILES string of the molecule is Cn1cc(CNC(=O)C2(c3ccc(F)cc3)CCOCC2)cn1. The van der Waals surface area contributed by atoms with E-state index in [-0.39, 0.29) is 11.7 Å². The van der Waals surface area contributed by atoms with Crippen LogP contribution in [0.1, 0.15) is 24.0 Å². The Balaban J connectivity index is 1.80. The van der Waals surface area contributed by atoms with Crippen molar-refractivity contribution in [2.45, 2.75) is 24.8 Å². The van der Waals surface area contributed by atoms with Crippen LogP contribution in [-0.2, 0) is 28.5 Å². The molecule has 0 bridgehead atoms. The minimum atomic E-state index is -0.659. The van der Waals surface area contributed by atoms with Gasteiger partial charge in [0.2, 0.25) is 5.91 Å². The molecule has 0 atom stereocenters. The molecule has 1 amide bonds. The van der Waals surface area contributed by atoms with Gasteiger partial charge in [0.1, 0.15) is 5.82 Å². The fraction of sp³-hybridized carbons (Fsp3) is 0.412. The van der Waals surface area contributed by atoms with Crippen molar-refractivity contribution in [1.29, 1.82) is 0 Å². The zero-order valence-corrected chi connectivity index (χ0v) is 13.1.